The highest BCUT2D eigenvalue weighted by Crippen LogP contribution is 2.50. The Labute approximate surface area is 105 Å². The van der Waals surface area contributed by atoms with Crippen LogP contribution in [0.25, 0.3) is 0 Å². The molecular weight excluding hydrogens is 264 g/mol. The fourth-order valence-electron chi connectivity index (χ4n) is 1.80. The molecule has 0 aliphatic carbocycles. The summed E-state index contributed by atoms with van der Waals surface area (Å²) < 4.78 is 64.2. The second kappa shape index (κ2) is 3.88. The number of rotatable bonds is 0. The van der Waals surface area contributed by atoms with Crippen molar-refractivity contribution in [2.24, 2.45) is 0 Å². The molecule has 1 aliphatic heterocycles. The lowest BCUT2D eigenvalue weighted by molar-refractivity contribution is 0.300. The summed E-state index contributed by atoms with van der Waals surface area (Å²) in [5.41, 5.74) is -0.0277. The highest BCUT2D eigenvalue weighted by molar-refractivity contribution is 5.57. The van der Waals surface area contributed by atoms with Crippen molar-refractivity contribution in [3.8, 4) is 23.0 Å². The monoisotopic (exact) mass is 270 g/mol. The predicted molar refractivity (Wildman–Crippen MR) is 57.6 cm³/mol. The van der Waals surface area contributed by atoms with E-state index >= 15 is 0 Å². The van der Waals surface area contributed by atoms with Gasteiger partial charge >= 0.3 is 0 Å². The molecule has 2 aromatic carbocycles. The molecule has 0 unspecified atom stereocenters. The van der Waals surface area contributed by atoms with E-state index in [0.717, 1.165) is 18.2 Å². The number of halogens is 4. The van der Waals surface area contributed by atoms with Crippen LogP contribution in [0.1, 0.15) is 5.56 Å². The third-order valence-electron chi connectivity index (χ3n) is 2.74. The summed E-state index contributed by atoms with van der Waals surface area (Å²) >= 11 is 0. The SMILES string of the molecule is Cc1cc(F)c2c(c1F)Oc1c(F)ccc(F)c1O2. The maximum atomic E-state index is 13.8. The molecule has 0 amide bonds. The van der Waals surface area contributed by atoms with Crippen molar-refractivity contribution in [3.05, 3.63) is 47.0 Å². The standard InChI is InChI=1S/C13H6F4O2/c1-5-4-8(16)12-13(9(5)17)19-11-7(15)3-2-6(14)10(11)18-12/h2-4H,1H3. The molecule has 6 heteroatoms. The van der Waals surface area contributed by atoms with Crippen LogP contribution in [0.3, 0.4) is 0 Å². The van der Waals surface area contributed by atoms with Gasteiger partial charge in [0.1, 0.15) is 0 Å². The normalized spacial score (nSPS) is 12.3. The van der Waals surface area contributed by atoms with E-state index in [2.05, 4.69) is 0 Å². The van der Waals surface area contributed by atoms with Gasteiger partial charge in [-0.1, -0.05) is 0 Å². The van der Waals surface area contributed by atoms with Crippen molar-refractivity contribution in [1.82, 2.24) is 0 Å². The van der Waals surface area contributed by atoms with Crippen LogP contribution < -0.4 is 9.47 Å². The van der Waals surface area contributed by atoms with Gasteiger partial charge in [-0.15, -0.1) is 0 Å². The number of benzene rings is 2. The quantitative estimate of drug-likeness (QED) is 0.562. The molecule has 0 bridgehead atoms. The van der Waals surface area contributed by atoms with Crippen LogP contribution in [0.4, 0.5) is 17.6 Å². The first-order valence-corrected chi connectivity index (χ1v) is 5.31. The van der Waals surface area contributed by atoms with Gasteiger partial charge in [0.25, 0.3) is 0 Å². The van der Waals surface area contributed by atoms with E-state index in [0.29, 0.717) is 0 Å². The summed E-state index contributed by atoms with van der Waals surface area (Å²) in [6.45, 7) is 1.32. The Kier molecular flexibility index (Phi) is 2.41. The van der Waals surface area contributed by atoms with E-state index in [9.17, 15) is 17.6 Å². The molecule has 1 aliphatic rings. The molecule has 0 atom stereocenters. The van der Waals surface area contributed by atoms with E-state index in [1.54, 1.807) is 0 Å². The smallest absolute Gasteiger partial charge is 0.209 e. The molecule has 2 nitrogen and oxygen atoms in total. The molecule has 3 rings (SSSR count). The lowest BCUT2D eigenvalue weighted by Crippen LogP contribution is -2.07. The maximum absolute atomic E-state index is 13.8. The minimum atomic E-state index is -0.928. The van der Waals surface area contributed by atoms with Crippen LogP contribution in [0.5, 0.6) is 23.0 Å². The van der Waals surface area contributed by atoms with Crippen LogP contribution in [0.15, 0.2) is 18.2 Å². The minimum Gasteiger partial charge on any atom is -0.443 e. The summed E-state index contributed by atoms with van der Waals surface area (Å²) in [7, 11) is 0. The Bertz CT molecular complexity index is 698. The van der Waals surface area contributed by atoms with Crippen LogP contribution in [0, 0.1) is 30.2 Å². The molecule has 2 aromatic rings. The van der Waals surface area contributed by atoms with Gasteiger partial charge < -0.3 is 9.47 Å². The van der Waals surface area contributed by atoms with E-state index in [1.807, 2.05) is 0 Å². The van der Waals surface area contributed by atoms with Crippen molar-refractivity contribution < 1.29 is 27.0 Å². The minimum absolute atomic E-state index is 0.0277. The fourth-order valence-corrected chi connectivity index (χ4v) is 1.80. The van der Waals surface area contributed by atoms with Crippen molar-refractivity contribution in [2.45, 2.75) is 6.92 Å². The van der Waals surface area contributed by atoms with Crippen LogP contribution in [-0.4, -0.2) is 0 Å². The molecule has 0 aromatic heterocycles. The molecule has 19 heavy (non-hydrogen) atoms. The summed E-state index contributed by atoms with van der Waals surface area (Å²) in [5.74, 6) is -6.04. The zero-order valence-electron chi connectivity index (χ0n) is 9.56. The van der Waals surface area contributed by atoms with Crippen molar-refractivity contribution in [2.75, 3.05) is 0 Å². The van der Waals surface area contributed by atoms with Gasteiger partial charge in [-0.3, -0.25) is 0 Å². The number of aryl methyl sites for hydroxylation is 1. The van der Waals surface area contributed by atoms with E-state index in [1.165, 1.54) is 6.92 Å². The Morgan fingerprint density at radius 2 is 1.21 bits per heavy atom. The molecule has 0 N–H and O–H groups in total. The van der Waals surface area contributed by atoms with Gasteiger partial charge in [0.2, 0.25) is 23.0 Å². The topological polar surface area (TPSA) is 18.5 Å². The molecule has 0 spiro atoms. The Morgan fingerprint density at radius 3 is 1.79 bits per heavy atom. The van der Waals surface area contributed by atoms with Gasteiger partial charge in [-0.05, 0) is 30.7 Å². The second-order valence-corrected chi connectivity index (χ2v) is 4.04. The Morgan fingerprint density at radius 1 is 0.737 bits per heavy atom. The summed E-state index contributed by atoms with van der Waals surface area (Å²) in [5, 5.41) is 0. The summed E-state index contributed by atoms with van der Waals surface area (Å²) in [4.78, 5) is 0. The summed E-state index contributed by atoms with van der Waals surface area (Å²) in [6, 6.07) is 2.51. The molecule has 0 fully saturated rings. The average Bonchev–Trinajstić information content (AvgIpc) is 2.39. The highest BCUT2D eigenvalue weighted by atomic mass is 19.1. The lowest BCUT2D eigenvalue weighted by atomic mass is 10.1. The largest absolute Gasteiger partial charge is 0.443 e. The summed E-state index contributed by atoms with van der Waals surface area (Å²) in [6.07, 6.45) is 0. The fraction of sp³-hybridized carbons (Fsp3) is 0.0769. The van der Waals surface area contributed by atoms with Gasteiger partial charge in [-0.2, -0.15) is 0 Å². The van der Waals surface area contributed by atoms with E-state index in [4.69, 9.17) is 9.47 Å². The second-order valence-electron chi connectivity index (χ2n) is 4.04. The zero-order valence-corrected chi connectivity index (χ0v) is 9.56. The van der Waals surface area contributed by atoms with E-state index in [-0.39, 0.29) is 5.56 Å². The van der Waals surface area contributed by atoms with Crippen molar-refractivity contribution >= 4 is 0 Å². The van der Waals surface area contributed by atoms with Crippen molar-refractivity contribution in [3.63, 3.8) is 0 Å². The molecule has 0 saturated heterocycles. The van der Waals surface area contributed by atoms with Gasteiger partial charge in [-0.25, -0.2) is 17.6 Å². The van der Waals surface area contributed by atoms with Crippen LogP contribution in [0.2, 0.25) is 0 Å². The molecule has 0 radical (unpaired) electrons. The zero-order chi connectivity index (χ0) is 13.7. The average molecular weight is 270 g/mol. The first kappa shape index (κ1) is 11.8. The van der Waals surface area contributed by atoms with E-state index < -0.39 is 46.3 Å². The molecular formula is C13H6F4O2. The lowest BCUT2D eigenvalue weighted by Gasteiger charge is -2.22. The number of fused-ring (bicyclic) bond motifs is 2. The van der Waals surface area contributed by atoms with Gasteiger partial charge in [0.05, 0.1) is 0 Å². The third-order valence-corrected chi connectivity index (χ3v) is 2.74. The Balaban J connectivity index is 2.25. The predicted octanol–water partition coefficient (Wildman–Crippen LogP) is 4.45. The first-order chi connectivity index (χ1) is 8.99. The third kappa shape index (κ3) is 1.63. The van der Waals surface area contributed by atoms with Gasteiger partial charge in [0.15, 0.2) is 23.3 Å². The van der Waals surface area contributed by atoms with Crippen LogP contribution >= 0.6 is 0 Å². The molecule has 1 heterocycles. The highest BCUT2D eigenvalue weighted by Gasteiger charge is 2.31. The number of hydrogen-bond acceptors (Lipinski definition) is 2. The van der Waals surface area contributed by atoms with Crippen molar-refractivity contribution in [1.29, 1.82) is 0 Å². The number of hydrogen-bond donors (Lipinski definition) is 0. The first-order valence-electron chi connectivity index (χ1n) is 5.31. The van der Waals surface area contributed by atoms with Gasteiger partial charge in [0, 0.05) is 0 Å². The maximum Gasteiger partial charge on any atom is 0.209 e. The Hall–Kier alpha value is -2.24. The van der Waals surface area contributed by atoms with Crippen LogP contribution in [-0.2, 0) is 0 Å². The number of ether oxygens (including phenoxy) is 2. The molecule has 0 saturated carbocycles. The molecule has 98 valence electrons.